The van der Waals surface area contributed by atoms with Crippen LogP contribution in [0, 0.1) is 5.82 Å². The van der Waals surface area contributed by atoms with Gasteiger partial charge in [0, 0.05) is 12.6 Å². The third kappa shape index (κ3) is 5.01. The molecule has 1 fully saturated rings. The average molecular weight is 356 g/mol. The van der Waals surface area contributed by atoms with E-state index >= 15 is 0 Å². The first kappa shape index (κ1) is 18.9. The van der Waals surface area contributed by atoms with Crippen LogP contribution in [0.2, 0.25) is 0 Å². The van der Waals surface area contributed by atoms with Crippen molar-refractivity contribution in [1.82, 2.24) is 9.62 Å². The van der Waals surface area contributed by atoms with Gasteiger partial charge in [0.2, 0.25) is 15.9 Å². The maximum atomic E-state index is 13.0. The molecule has 0 bridgehead atoms. The zero-order valence-electron chi connectivity index (χ0n) is 14.0. The Bertz CT molecular complexity index is 638. The van der Waals surface area contributed by atoms with Crippen LogP contribution in [0.3, 0.4) is 0 Å². The Kier molecular flexibility index (Phi) is 6.74. The van der Waals surface area contributed by atoms with E-state index in [1.54, 1.807) is 6.92 Å². The molecular formula is C17H25FN2O3S. The molecule has 1 aromatic carbocycles. The van der Waals surface area contributed by atoms with Crippen molar-refractivity contribution in [3.63, 3.8) is 0 Å². The average Bonchev–Trinajstić information content (AvgIpc) is 2.81. The molecule has 0 aromatic heterocycles. The quantitative estimate of drug-likeness (QED) is 0.797. The van der Waals surface area contributed by atoms with Crippen LogP contribution in [0.5, 0.6) is 0 Å². The first-order valence-corrected chi connectivity index (χ1v) is 9.92. The van der Waals surface area contributed by atoms with Gasteiger partial charge >= 0.3 is 0 Å². The number of amides is 1. The molecule has 1 N–H and O–H groups in total. The minimum Gasteiger partial charge on any atom is -0.352 e. The van der Waals surface area contributed by atoms with Crippen LogP contribution in [-0.2, 0) is 14.8 Å². The third-order valence-electron chi connectivity index (χ3n) is 4.34. The summed E-state index contributed by atoms with van der Waals surface area (Å²) in [6, 6.07) is 4.78. The Morgan fingerprint density at radius 2 is 1.75 bits per heavy atom. The minimum absolute atomic E-state index is 0.00647. The number of rotatable bonds is 6. The molecule has 0 saturated heterocycles. The van der Waals surface area contributed by atoms with Crippen LogP contribution < -0.4 is 5.32 Å². The molecule has 24 heavy (non-hydrogen) atoms. The molecule has 2 rings (SSSR count). The van der Waals surface area contributed by atoms with E-state index in [1.807, 2.05) is 0 Å². The van der Waals surface area contributed by atoms with Crippen molar-refractivity contribution in [2.24, 2.45) is 0 Å². The predicted molar refractivity (Wildman–Crippen MR) is 90.5 cm³/mol. The van der Waals surface area contributed by atoms with Crippen LogP contribution >= 0.6 is 0 Å². The number of sulfonamides is 1. The summed E-state index contributed by atoms with van der Waals surface area (Å²) < 4.78 is 39.3. The number of likely N-dealkylation sites (N-methyl/N-ethyl adjacent to an activating group) is 1. The lowest BCUT2D eigenvalue weighted by atomic mass is 10.1. The van der Waals surface area contributed by atoms with Gasteiger partial charge < -0.3 is 5.32 Å². The van der Waals surface area contributed by atoms with Gasteiger partial charge in [-0.3, -0.25) is 4.79 Å². The summed E-state index contributed by atoms with van der Waals surface area (Å²) in [5.74, 6) is -0.780. The van der Waals surface area contributed by atoms with E-state index in [2.05, 4.69) is 5.32 Å². The summed E-state index contributed by atoms with van der Waals surface area (Å²) >= 11 is 0. The molecule has 0 atom stereocenters. The number of nitrogens with zero attached hydrogens (tertiary/aromatic N) is 1. The van der Waals surface area contributed by atoms with Gasteiger partial charge in [0.05, 0.1) is 11.4 Å². The van der Waals surface area contributed by atoms with Gasteiger partial charge in [-0.2, -0.15) is 4.31 Å². The van der Waals surface area contributed by atoms with E-state index in [0.717, 1.165) is 42.1 Å². The van der Waals surface area contributed by atoms with Crippen molar-refractivity contribution in [2.75, 3.05) is 13.1 Å². The van der Waals surface area contributed by atoms with Crippen LogP contribution in [0.1, 0.15) is 45.4 Å². The number of carbonyl (C=O) groups is 1. The largest absolute Gasteiger partial charge is 0.352 e. The molecular weight excluding hydrogens is 331 g/mol. The lowest BCUT2D eigenvalue weighted by Crippen LogP contribution is -2.44. The number of halogens is 1. The summed E-state index contributed by atoms with van der Waals surface area (Å²) in [5, 5.41) is 2.95. The number of carbonyl (C=O) groups excluding carboxylic acids is 1. The maximum Gasteiger partial charge on any atom is 0.243 e. The van der Waals surface area contributed by atoms with Crippen LogP contribution in [0.4, 0.5) is 4.39 Å². The topological polar surface area (TPSA) is 66.5 Å². The number of nitrogens with one attached hydrogen (secondary N) is 1. The zero-order valence-corrected chi connectivity index (χ0v) is 14.8. The molecule has 1 aliphatic carbocycles. The van der Waals surface area contributed by atoms with E-state index in [0.29, 0.717) is 0 Å². The predicted octanol–water partition coefficient (Wildman–Crippen LogP) is 2.68. The van der Waals surface area contributed by atoms with Gasteiger partial charge in [-0.05, 0) is 37.1 Å². The smallest absolute Gasteiger partial charge is 0.243 e. The SMILES string of the molecule is CCN(CC(=O)NC1CCCCCC1)S(=O)(=O)c1ccc(F)cc1. The van der Waals surface area contributed by atoms with E-state index in [9.17, 15) is 17.6 Å². The molecule has 1 aliphatic rings. The fourth-order valence-electron chi connectivity index (χ4n) is 2.98. The van der Waals surface area contributed by atoms with Crippen molar-refractivity contribution in [1.29, 1.82) is 0 Å². The lowest BCUT2D eigenvalue weighted by molar-refractivity contribution is -0.122. The molecule has 0 unspecified atom stereocenters. The molecule has 0 heterocycles. The van der Waals surface area contributed by atoms with Gasteiger partial charge in [0.1, 0.15) is 5.82 Å². The zero-order chi connectivity index (χ0) is 17.6. The first-order chi connectivity index (χ1) is 11.4. The highest BCUT2D eigenvalue weighted by molar-refractivity contribution is 7.89. The fraction of sp³-hybridized carbons (Fsp3) is 0.588. The minimum atomic E-state index is -3.81. The normalized spacial score (nSPS) is 16.8. The van der Waals surface area contributed by atoms with Crippen molar-refractivity contribution in [2.45, 2.75) is 56.4 Å². The first-order valence-electron chi connectivity index (χ1n) is 8.48. The summed E-state index contributed by atoms with van der Waals surface area (Å²) in [5.41, 5.74) is 0. The molecule has 0 radical (unpaired) electrons. The summed E-state index contributed by atoms with van der Waals surface area (Å²) in [7, 11) is -3.81. The molecule has 5 nitrogen and oxygen atoms in total. The fourth-order valence-corrected chi connectivity index (χ4v) is 4.38. The van der Waals surface area contributed by atoms with Crippen molar-refractivity contribution in [3.8, 4) is 0 Å². The Labute approximate surface area is 143 Å². The maximum absolute atomic E-state index is 13.0. The Balaban J connectivity index is 2.02. The van der Waals surface area contributed by atoms with Crippen molar-refractivity contribution in [3.05, 3.63) is 30.1 Å². The van der Waals surface area contributed by atoms with E-state index in [-0.39, 0.29) is 29.9 Å². The molecule has 1 aromatic rings. The van der Waals surface area contributed by atoms with Gasteiger partial charge in [-0.25, -0.2) is 12.8 Å². The van der Waals surface area contributed by atoms with E-state index in [1.165, 1.54) is 25.0 Å². The van der Waals surface area contributed by atoms with Gasteiger partial charge in [0.25, 0.3) is 0 Å². The van der Waals surface area contributed by atoms with Crippen LogP contribution in [-0.4, -0.2) is 37.8 Å². The van der Waals surface area contributed by atoms with Gasteiger partial charge in [0.15, 0.2) is 0 Å². The molecule has 1 amide bonds. The van der Waals surface area contributed by atoms with Gasteiger partial charge in [-0.1, -0.05) is 32.6 Å². The second-order valence-corrected chi connectivity index (χ2v) is 8.08. The highest BCUT2D eigenvalue weighted by Crippen LogP contribution is 2.18. The Morgan fingerprint density at radius 3 is 2.29 bits per heavy atom. The number of hydrogen-bond acceptors (Lipinski definition) is 3. The number of benzene rings is 1. The standard InChI is InChI=1S/C17H25FN2O3S/c1-2-20(24(22,23)16-11-9-14(18)10-12-16)13-17(21)19-15-7-5-3-4-6-8-15/h9-12,15H,2-8,13H2,1H3,(H,19,21). The third-order valence-corrected chi connectivity index (χ3v) is 6.28. The summed E-state index contributed by atoms with van der Waals surface area (Å²) in [6.45, 7) is 1.64. The van der Waals surface area contributed by atoms with Crippen molar-refractivity contribution < 1.29 is 17.6 Å². The molecule has 134 valence electrons. The lowest BCUT2D eigenvalue weighted by Gasteiger charge is -2.22. The van der Waals surface area contributed by atoms with Gasteiger partial charge in [-0.15, -0.1) is 0 Å². The van der Waals surface area contributed by atoms with E-state index in [4.69, 9.17) is 0 Å². The molecule has 7 heteroatoms. The monoisotopic (exact) mass is 356 g/mol. The number of hydrogen-bond donors (Lipinski definition) is 1. The van der Waals surface area contributed by atoms with Crippen LogP contribution in [0.25, 0.3) is 0 Å². The highest BCUT2D eigenvalue weighted by atomic mass is 32.2. The van der Waals surface area contributed by atoms with Crippen molar-refractivity contribution >= 4 is 15.9 Å². The molecule has 0 aliphatic heterocycles. The molecule has 1 saturated carbocycles. The van der Waals surface area contributed by atoms with Crippen LogP contribution in [0.15, 0.2) is 29.2 Å². The Morgan fingerprint density at radius 1 is 1.17 bits per heavy atom. The second kappa shape index (κ2) is 8.58. The van der Waals surface area contributed by atoms with E-state index < -0.39 is 15.8 Å². The summed E-state index contributed by atoms with van der Waals surface area (Å²) in [4.78, 5) is 12.2. The molecule has 0 spiro atoms. The second-order valence-electron chi connectivity index (χ2n) is 6.14. The summed E-state index contributed by atoms with van der Waals surface area (Å²) in [6.07, 6.45) is 6.45. The highest BCUT2D eigenvalue weighted by Gasteiger charge is 2.26. The Hall–Kier alpha value is -1.47.